The lowest BCUT2D eigenvalue weighted by Gasteiger charge is -2.21. The number of nitrogens with one attached hydrogen (secondary N) is 3. The number of piperidine rings is 1. The first kappa shape index (κ1) is 13.0. The van der Waals surface area contributed by atoms with Gasteiger partial charge in [-0.25, -0.2) is 0 Å². The Morgan fingerprint density at radius 2 is 1.94 bits per heavy atom. The van der Waals surface area contributed by atoms with Gasteiger partial charge in [0.15, 0.2) is 0 Å². The van der Waals surface area contributed by atoms with Gasteiger partial charge in [-0.2, -0.15) is 0 Å². The predicted octanol–water partition coefficient (Wildman–Crippen LogP) is -0.373. The molecule has 92 valence electrons. The van der Waals surface area contributed by atoms with E-state index in [4.69, 9.17) is 0 Å². The summed E-state index contributed by atoms with van der Waals surface area (Å²) in [4.78, 5) is 23.0. The minimum absolute atomic E-state index is 0.000376. The molecule has 5 nitrogen and oxygen atoms in total. The zero-order chi connectivity index (χ0) is 12.0. The molecule has 0 spiro atoms. The summed E-state index contributed by atoms with van der Waals surface area (Å²) in [5.41, 5.74) is 0. The van der Waals surface area contributed by atoms with Gasteiger partial charge in [-0.05, 0) is 39.8 Å². The smallest absolute Gasteiger partial charge is 0.239 e. The third-order valence-electron chi connectivity index (χ3n) is 2.58. The molecule has 0 aromatic rings. The van der Waals surface area contributed by atoms with Gasteiger partial charge in [-0.1, -0.05) is 0 Å². The molecule has 3 N–H and O–H groups in total. The number of hydrogen-bond donors (Lipinski definition) is 3. The topological polar surface area (TPSA) is 70.2 Å². The number of carbonyl (C=O) groups excluding carboxylic acids is 2. The van der Waals surface area contributed by atoms with E-state index < -0.39 is 0 Å². The van der Waals surface area contributed by atoms with Crippen molar-refractivity contribution < 1.29 is 9.59 Å². The summed E-state index contributed by atoms with van der Waals surface area (Å²) in [5.74, 6) is -0.0641. The van der Waals surface area contributed by atoms with Crippen LogP contribution in [0.4, 0.5) is 0 Å². The highest BCUT2D eigenvalue weighted by Gasteiger charge is 2.20. The average Bonchev–Trinajstić information content (AvgIpc) is 2.26. The Labute approximate surface area is 96.4 Å². The summed E-state index contributed by atoms with van der Waals surface area (Å²) in [6.45, 7) is 5.65. The van der Waals surface area contributed by atoms with Crippen LogP contribution in [0.5, 0.6) is 0 Å². The first-order valence-electron chi connectivity index (χ1n) is 5.87. The van der Waals surface area contributed by atoms with Crippen molar-refractivity contribution in [2.75, 3.05) is 19.6 Å². The summed E-state index contributed by atoms with van der Waals surface area (Å²) >= 11 is 0. The van der Waals surface area contributed by atoms with Gasteiger partial charge in [0.05, 0.1) is 6.54 Å². The van der Waals surface area contributed by atoms with Crippen molar-refractivity contribution in [3.63, 3.8) is 0 Å². The van der Waals surface area contributed by atoms with Gasteiger partial charge in [0.1, 0.15) is 0 Å². The normalized spacial score (nSPS) is 17.2. The van der Waals surface area contributed by atoms with Gasteiger partial charge in [-0.3, -0.25) is 9.59 Å². The molecule has 0 aromatic heterocycles. The first-order valence-corrected chi connectivity index (χ1v) is 5.87. The largest absolute Gasteiger partial charge is 0.352 e. The van der Waals surface area contributed by atoms with Crippen molar-refractivity contribution in [3.05, 3.63) is 0 Å². The van der Waals surface area contributed by atoms with Gasteiger partial charge < -0.3 is 16.0 Å². The third-order valence-corrected chi connectivity index (χ3v) is 2.58. The maximum atomic E-state index is 11.7. The fourth-order valence-corrected chi connectivity index (χ4v) is 1.77. The van der Waals surface area contributed by atoms with Gasteiger partial charge in [0.2, 0.25) is 11.8 Å². The van der Waals surface area contributed by atoms with Crippen LogP contribution in [0.1, 0.15) is 26.7 Å². The highest BCUT2D eigenvalue weighted by Crippen LogP contribution is 2.10. The molecule has 0 aliphatic carbocycles. The molecule has 16 heavy (non-hydrogen) atoms. The molecular formula is C11H21N3O2. The molecule has 0 unspecified atom stereocenters. The summed E-state index contributed by atoms with van der Waals surface area (Å²) in [6, 6.07) is 0.114. The van der Waals surface area contributed by atoms with Gasteiger partial charge >= 0.3 is 0 Å². The highest BCUT2D eigenvalue weighted by atomic mass is 16.2. The van der Waals surface area contributed by atoms with Crippen LogP contribution >= 0.6 is 0 Å². The maximum absolute atomic E-state index is 11.7. The SMILES string of the molecule is CC(C)NC(=O)CNC(=O)C1CCNCC1. The van der Waals surface area contributed by atoms with Crippen LogP contribution in [-0.2, 0) is 9.59 Å². The van der Waals surface area contributed by atoms with Crippen LogP contribution in [-0.4, -0.2) is 37.5 Å². The van der Waals surface area contributed by atoms with Crippen LogP contribution < -0.4 is 16.0 Å². The molecule has 0 radical (unpaired) electrons. The van der Waals surface area contributed by atoms with Crippen LogP contribution in [0.25, 0.3) is 0 Å². The Balaban J connectivity index is 2.21. The molecule has 1 saturated heterocycles. The van der Waals surface area contributed by atoms with E-state index >= 15 is 0 Å². The minimum atomic E-state index is -0.128. The van der Waals surface area contributed by atoms with Crippen LogP contribution in [0.2, 0.25) is 0 Å². The van der Waals surface area contributed by atoms with E-state index in [9.17, 15) is 9.59 Å². The van der Waals surface area contributed by atoms with Gasteiger partial charge in [0, 0.05) is 12.0 Å². The summed E-state index contributed by atoms with van der Waals surface area (Å²) in [6.07, 6.45) is 1.72. The average molecular weight is 227 g/mol. The van der Waals surface area contributed by atoms with Gasteiger partial charge in [-0.15, -0.1) is 0 Å². The zero-order valence-electron chi connectivity index (χ0n) is 10.0. The standard InChI is InChI=1S/C11H21N3O2/c1-8(2)14-10(15)7-13-11(16)9-3-5-12-6-4-9/h8-9,12H,3-7H2,1-2H3,(H,13,16)(H,14,15). The van der Waals surface area contributed by atoms with Gasteiger partial charge in [0.25, 0.3) is 0 Å². The van der Waals surface area contributed by atoms with Crippen LogP contribution in [0.3, 0.4) is 0 Å². The molecule has 0 saturated carbocycles. The molecule has 0 atom stereocenters. The van der Waals surface area contributed by atoms with Crippen molar-refractivity contribution in [3.8, 4) is 0 Å². The molecule has 1 aliphatic rings. The number of carbonyl (C=O) groups is 2. The minimum Gasteiger partial charge on any atom is -0.352 e. The fraction of sp³-hybridized carbons (Fsp3) is 0.818. The predicted molar refractivity (Wildman–Crippen MR) is 61.9 cm³/mol. The van der Waals surface area contributed by atoms with Crippen molar-refractivity contribution >= 4 is 11.8 Å². The zero-order valence-corrected chi connectivity index (χ0v) is 10.0. The molecule has 1 heterocycles. The molecule has 5 heteroatoms. The highest BCUT2D eigenvalue weighted by molar-refractivity contribution is 5.85. The lowest BCUT2D eigenvalue weighted by Crippen LogP contribution is -2.43. The monoisotopic (exact) mass is 227 g/mol. The molecule has 1 aliphatic heterocycles. The van der Waals surface area contributed by atoms with Crippen molar-refractivity contribution in [2.45, 2.75) is 32.7 Å². The van der Waals surface area contributed by atoms with E-state index in [-0.39, 0.29) is 30.3 Å². The quantitative estimate of drug-likeness (QED) is 0.613. The number of rotatable bonds is 4. The van der Waals surface area contributed by atoms with Crippen molar-refractivity contribution in [1.82, 2.24) is 16.0 Å². The van der Waals surface area contributed by atoms with E-state index in [1.54, 1.807) is 0 Å². The second kappa shape index (κ2) is 6.48. The summed E-state index contributed by atoms with van der Waals surface area (Å²) in [7, 11) is 0. The Bertz CT molecular complexity index is 248. The summed E-state index contributed by atoms with van der Waals surface area (Å²) in [5, 5.41) is 8.62. The molecule has 2 amide bonds. The molecule has 1 fully saturated rings. The third kappa shape index (κ3) is 4.61. The fourth-order valence-electron chi connectivity index (χ4n) is 1.77. The van der Waals surface area contributed by atoms with Crippen LogP contribution in [0.15, 0.2) is 0 Å². The number of hydrogen-bond acceptors (Lipinski definition) is 3. The second-order valence-corrected chi connectivity index (χ2v) is 4.46. The lowest BCUT2D eigenvalue weighted by molar-refractivity contribution is -0.129. The Morgan fingerprint density at radius 1 is 1.31 bits per heavy atom. The number of amides is 2. The Hall–Kier alpha value is -1.10. The van der Waals surface area contributed by atoms with E-state index in [2.05, 4.69) is 16.0 Å². The Morgan fingerprint density at radius 3 is 2.50 bits per heavy atom. The van der Waals surface area contributed by atoms with Crippen LogP contribution in [0, 0.1) is 5.92 Å². The second-order valence-electron chi connectivity index (χ2n) is 4.46. The van der Waals surface area contributed by atoms with E-state index in [0.29, 0.717) is 0 Å². The molecule has 1 rings (SSSR count). The van der Waals surface area contributed by atoms with Crippen molar-refractivity contribution in [1.29, 1.82) is 0 Å². The van der Waals surface area contributed by atoms with E-state index in [1.807, 2.05) is 13.8 Å². The lowest BCUT2D eigenvalue weighted by atomic mass is 9.97. The summed E-state index contributed by atoms with van der Waals surface area (Å²) < 4.78 is 0. The molecule has 0 aromatic carbocycles. The first-order chi connectivity index (χ1) is 7.59. The molecule has 0 bridgehead atoms. The van der Waals surface area contributed by atoms with E-state index in [0.717, 1.165) is 25.9 Å². The maximum Gasteiger partial charge on any atom is 0.239 e. The molecular weight excluding hydrogens is 206 g/mol. The van der Waals surface area contributed by atoms with E-state index in [1.165, 1.54) is 0 Å². The van der Waals surface area contributed by atoms with Crippen molar-refractivity contribution in [2.24, 2.45) is 5.92 Å². The Kier molecular flexibility index (Phi) is 5.25.